The SMILES string of the molecule is COCCCCc1cccc(Oc2ccc(Cn3c(=O)[nH]c4c(N)nc(C)nc43)cc2)n1. The highest BCUT2D eigenvalue weighted by Crippen LogP contribution is 2.21. The average Bonchev–Trinajstić information content (AvgIpc) is 3.08. The number of nitrogen functional groups attached to an aromatic ring is 1. The van der Waals surface area contributed by atoms with Crippen molar-refractivity contribution in [3.05, 3.63) is 70.0 Å². The summed E-state index contributed by atoms with van der Waals surface area (Å²) in [6.45, 7) is 2.85. The van der Waals surface area contributed by atoms with E-state index < -0.39 is 0 Å². The Hall–Kier alpha value is -3.72. The second-order valence-corrected chi connectivity index (χ2v) is 7.53. The topological polar surface area (TPSA) is 121 Å². The molecule has 3 heterocycles. The Morgan fingerprint density at radius 3 is 2.66 bits per heavy atom. The minimum Gasteiger partial charge on any atom is -0.439 e. The number of imidazole rings is 1. The third-order valence-electron chi connectivity index (χ3n) is 5.06. The van der Waals surface area contributed by atoms with Crippen LogP contribution in [0, 0.1) is 6.92 Å². The lowest BCUT2D eigenvalue weighted by Crippen LogP contribution is -2.17. The molecule has 0 aliphatic rings. The first-order valence-corrected chi connectivity index (χ1v) is 10.5. The number of aromatic amines is 1. The van der Waals surface area contributed by atoms with Gasteiger partial charge in [-0.2, -0.15) is 0 Å². The van der Waals surface area contributed by atoms with Gasteiger partial charge >= 0.3 is 5.69 Å². The molecular weight excluding hydrogens is 408 g/mol. The van der Waals surface area contributed by atoms with E-state index in [2.05, 4.69) is 19.9 Å². The number of methoxy groups -OCH3 is 1. The summed E-state index contributed by atoms with van der Waals surface area (Å²) in [7, 11) is 1.71. The minimum absolute atomic E-state index is 0.264. The minimum atomic E-state index is -0.279. The van der Waals surface area contributed by atoms with Crippen LogP contribution < -0.4 is 16.2 Å². The van der Waals surface area contributed by atoms with Crippen LogP contribution in [0.3, 0.4) is 0 Å². The van der Waals surface area contributed by atoms with E-state index in [0.717, 1.165) is 37.1 Å². The molecule has 0 fully saturated rings. The summed E-state index contributed by atoms with van der Waals surface area (Å²) >= 11 is 0. The van der Waals surface area contributed by atoms with Crippen LogP contribution in [-0.2, 0) is 17.7 Å². The average molecular weight is 435 g/mol. The first-order valence-electron chi connectivity index (χ1n) is 10.5. The van der Waals surface area contributed by atoms with Gasteiger partial charge in [0.15, 0.2) is 11.5 Å². The predicted octanol–water partition coefficient (Wildman–Crippen LogP) is 3.21. The zero-order valence-electron chi connectivity index (χ0n) is 18.2. The van der Waals surface area contributed by atoms with Crippen molar-refractivity contribution in [1.29, 1.82) is 0 Å². The van der Waals surface area contributed by atoms with Gasteiger partial charge in [-0.25, -0.2) is 19.7 Å². The molecule has 4 aromatic rings. The molecule has 1 aromatic carbocycles. The molecule has 0 spiro atoms. The standard InChI is InChI=1S/C23H26N6O3/c1-15-25-21(24)20-22(26-15)29(23(30)28-20)14-16-9-11-18(12-10-16)32-19-8-5-7-17(27-19)6-3-4-13-31-2/h5,7-12H,3-4,6,13-14H2,1-2H3,(H,28,30)(H2,24,25,26). The van der Waals surface area contributed by atoms with Crippen molar-refractivity contribution in [3.63, 3.8) is 0 Å². The van der Waals surface area contributed by atoms with Gasteiger partial charge in [-0.15, -0.1) is 0 Å². The maximum absolute atomic E-state index is 12.4. The number of fused-ring (bicyclic) bond motifs is 1. The first-order chi connectivity index (χ1) is 15.5. The van der Waals surface area contributed by atoms with Crippen LogP contribution in [0.25, 0.3) is 11.2 Å². The Labute approximate surface area is 185 Å². The van der Waals surface area contributed by atoms with Crippen molar-refractivity contribution in [2.75, 3.05) is 19.5 Å². The van der Waals surface area contributed by atoms with Crippen molar-refractivity contribution in [2.45, 2.75) is 32.7 Å². The summed E-state index contributed by atoms with van der Waals surface area (Å²) in [6, 6.07) is 13.3. The van der Waals surface area contributed by atoms with Gasteiger partial charge in [0, 0.05) is 25.5 Å². The molecule has 32 heavy (non-hydrogen) atoms. The van der Waals surface area contributed by atoms with Gasteiger partial charge in [-0.1, -0.05) is 18.2 Å². The quantitative estimate of drug-likeness (QED) is 0.388. The van der Waals surface area contributed by atoms with Gasteiger partial charge in [-0.05, 0) is 49.9 Å². The Balaban J connectivity index is 1.45. The fourth-order valence-corrected chi connectivity index (χ4v) is 3.48. The number of nitrogens with one attached hydrogen (secondary N) is 1. The maximum atomic E-state index is 12.4. The van der Waals surface area contributed by atoms with Crippen LogP contribution in [0.4, 0.5) is 5.82 Å². The summed E-state index contributed by atoms with van der Waals surface area (Å²) in [5.41, 5.74) is 8.50. The summed E-state index contributed by atoms with van der Waals surface area (Å²) in [5.74, 6) is 2.00. The molecule has 9 heteroatoms. The number of aromatic nitrogens is 5. The number of hydrogen-bond acceptors (Lipinski definition) is 7. The van der Waals surface area contributed by atoms with Crippen LogP contribution in [0.2, 0.25) is 0 Å². The number of ether oxygens (including phenoxy) is 2. The van der Waals surface area contributed by atoms with Crippen molar-refractivity contribution in [2.24, 2.45) is 0 Å². The molecule has 3 aromatic heterocycles. The van der Waals surface area contributed by atoms with E-state index in [1.807, 2.05) is 42.5 Å². The van der Waals surface area contributed by atoms with Crippen LogP contribution in [0.1, 0.15) is 29.9 Å². The van der Waals surface area contributed by atoms with Crippen LogP contribution in [0.5, 0.6) is 11.6 Å². The van der Waals surface area contributed by atoms with Crippen molar-refractivity contribution in [3.8, 4) is 11.6 Å². The van der Waals surface area contributed by atoms with E-state index in [9.17, 15) is 4.79 Å². The molecule has 9 nitrogen and oxygen atoms in total. The van der Waals surface area contributed by atoms with Gasteiger partial charge in [0.1, 0.15) is 17.1 Å². The zero-order valence-corrected chi connectivity index (χ0v) is 18.2. The fraction of sp³-hybridized carbons (Fsp3) is 0.304. The van der Waals surface area contributed by atoms with E-state index in [4.69, 9.17) is 15.2 Å². The highest BCUT2D eigenvalue weighted by atomic mass is 16.5. The third-order valence-corrected chi connectivity index (χ3v) is 5.06. The van der Waals surface area contributed by atoms with E-state index in [-0.39, 0.29) is 11.5 Å². The normalized spacial score (nSPS) is 11.2. The van der Waals surface area contributed by atoms with Gasteiger partial charge in [0.05, 0.1) is 6.54 Å². The molecule has 0 aliphatic heterocycles. The smallest absolute Gasteiger partial charge is 0.328 e. The van der Waals surface area contributed by atoms with Gasteiger partial charge in [0.25, 0.3) is 0 Å². The number of H-pyrrole nitrogens is 1. The first kappa shape index (κ1) is 21.5. The largest absolute Gasteiger partial charge is 0.439 e. The second kappa shape index (κ2) is 9.61. The number of hydrogen-bond donors (Lipinski definition) is 2. The third kappa shape index (κ3) is 4.94. The number of nitrogens with two attached hydrogens (primary N) is 1. The molecule has 0 saturated heterocycles. The lowest BCUT2D eigenvalue weighted by molar-refractivity contribution is 0.193. The molecule has 3 N–H and O–H groups in total. The van der Waals surface area contributed by atoms with Crippen LogP contribution in [-0.4, -0.2) is 38.2 Å². The van der Waals surface area contributed by atoms with E-state index >= 15 is 0 Å². The number of unbranched alkanes of at least 4 members (excludes halogenated alkanes) is 1. The van der Waals surface area contributed by atoms with Crippen molar-refractivity contribution >= 4 is 17.0 Å². The summed E-state index contributed by atoms with van der Waals surface area (Å²) in [4.78, 5) is 28.2. The molecule has 0 bridgehead atoms. The lowest BCUT2D eigenvalue weighted by atomic mass is 10.2. The summed E-state index contributed by atoms with van der Waals surface area (Å²) in [6.07, 6.45) is 2.90. The molecule has 0 unspecified atom stereocenters. The number of aryl methyl sites for hydroxylation is 2. The summed E-state index contributed by atoms with van der Waals surface area (Å²) < 4.78 is 12.5. The monoisotopic (exact) mass is 434 g/mol. The fourth-order valence-electron chi connectivity index (χ4n) is 3.48. The van der Waals surface area contributed by atoms with Gasteiger partial charge < -0.3 is 20.2 Å². The summed E-state index contributed by atoms with van der Waals surface area (Å²) in [5, 5.41) is 0. The molecule has 0 aliphatic carbocycles. The second-order valence-electron chi connectivity index (χ2n) is 7.53. The van der Waals surface area contributed by atoms with Gasteiger partial charge in [-0.3, -0.25) is 4.57 Å². The Morgan fingerprint density at radius 2 is 1.88 bits per heavy atom. The van der Waals surface area contributed by atoms with Crippen molar-refractivity contribution in [1.82, 2.24) is 24.5 Å². The molecule has 0 atom stereocenters. The van der Waals surface area contributed by atoms with E-state index in [1.54, 1.807) is 18.6 Å². The molecule has 0 saturated carbocycles. The van der Waals surface area contributed by atoms with E-state index in [1.165, 1.54) is 0 Å². The Bertz CT molecular complexity index is 1260. The Kier molecular flexibility index (Phi) is 6.46. The molecule has 4 rings (SSSR count). The predicted molar refractivity (Wildman–Crippen MR) is 122 cm³/mol. The van der Waals surface area contributed by atoms with E-state index in [0.29, 0.717) is 35.2 Å². The van der Waals surface area contributed by atoms with Crippen LogP contribution in [0.15, 0.2) is 47.3 Å². The maximum Gasteiger partial charge on any atom is 0.328 e. The number of pyridine rings is 1. The molecule has 0 radical (unpaired) electrons. The highest BCUT2D eigenvalue weighted by Gasteiger charge is 2.13. The number of rotatable bonds is 9. The molecule has 166 valence electrons. The number of nitrogens with zero attached hydrogens (tertiary/aromatic N) is 4. The number of benzene rings is 1. The number of anilines is 1. The Morgan fingerprint density at radius 1 is 1.06 bits per heavy atom. The van der Waals surface area contributed by atoms with Crippen LogP contribution >= 0.6 is 0 Å². The lowest BCUT2D eigenvalue weighted by Gasteiger charge is -2.08. The molecule has 0 amide bonds. The highest BCUT2D eigenvalue weighted by molar-refractivity contribution is 5.81. The molecular formula is C23H26N6O3. The van der Waals surface area contributed by atoms with Crippen molar-refractivity contribution < 1.29 is 9.47 Å². The zero-order chi connectivity index (χ0) is 22.5. The van der Waals surface area contributed by atoms with Gasteiger partial charge in [0.2, 0.25) is 5.88 Å².